The van der Waals surface area contributed by atoms with Crippen LogP contribution in [-0.4, -0.2) is 19.2 Å². The Kier molecular flexibility index (Phi) is 7.26. The van der Waals surface area contributed by atoms with E-state index in [0.29, 0.717) is 11.5 Å². The van der Waals surface area contributed by atoms with E-state index in [0.717, 1.165) is 16.8 Å². The van der Waals surface area contributed by atoms with Crippen molar-refractivity contribution in [3.8, 4) is 11.5 Å². The molecule has 3 amide bonds. The zero-order chi connectivity index (χ0) is 20.7. The van der Waals surface area contributed by atoms with Crippen LogP contribution < -0.4 is 25.6 Å². The van der Waals surface area contributed by atoms with Crippen LogP contribution in [0.3, 0.4) is 0 Å². The molecule has 0 bridgehead atoms. The maximum Gasteiger partial charge on any atom is 0.431 e. The number of carbonyl (C=O) groups is 2. The first-order chi connectivity index (χ1) is 13.3. The minimum atomic E-state index is -0.804. The number of hydrazine groups is 1. The van der Waals surface area contributed by atoms with Gasteiger partial charge in [0.05, 0.1) is 7.11 Å². The third-order valence-corrected chi connectivity index (χ3v) is 4.16. The number of para-hydroxylation sites is 1. The molecule has 0 saturated heterocycles. The molecule has 0 fully saturated rings. The lowest BCUT2D eigenvalue weighted by atomic mass is 9.93. The molecular weight excluding hydrogens is 358 g/mol. The average molecular weight is 385 g/mol. The normalized spacial score (nSPS) is 10.5. The van der Waals surface area contributed by atoms with Crippen LogP contribution in [-0.2, 0) is 0 Å². The first-order valence-corrected chi connectivity index (χ1v) is 9.13. The number of benzene rings is 2. The third kappa shape index (κ3) is 5.64. The van der Waals surface area contributed by atoms with E-state index in [2.05, 4.69) is 43.9 Å². The average Bonchev–Trinajstić information content (AvgIpc) is 2.66. The van der Waals surface area contributed by atoms with Crippen molar-refractivity contribution in [2.75, 3.05) is 12.4 Å². The highest BCUT2D eigenvalue weighted by atomic mass is 16.6. The summed E-state index contributed by atoms with van der Waals surface area (Å²) in [5, 5.41) is 2.84. The van der Waals surface area contributed by atoms with Gasteiger partial charge in [0.2, 0.25) is 0 Å². The van der Waals surface area contributed by atoms with E-state index in [-0.39, 0.29) is 11.8 Å². The highest BCUT2D eigenvalue weighted by molar-refractivity contribution is 5.92. The fourth-order valence-electron chi connectivity index (χ4n) is 2.72. The van der Waals surface area contributed by atoms with E-state index in [1.165, 1.54) is 0 Å². The first-order valence-electron chi connectivity index (χ1n) is 9.13. The summed E-state index contributed by atoms with van der Waals surface area (Å²) in [5.41, 5.74) is 7.35. The Labute approximate surface area is 165 Å². The molecule has 0 aliphatic heterocycles. The first kappa shape index (κ1) is 21.1. The number of ether oxygens (including phenoxy) is 2. The Morgan fingerprint density at radius 3 is 1.86 bits per heavy atom. The lowest BCUT2D eigenvalue weighted by molar-refractivity contribution is 0.194. The summed E-state index contributed by atoms with van der Waals surface area (Å²) in [6, 6.07) is 11.9. The van der Waals surface area contributed by atoms with Crippen LogP contribution in [0.25, 0.3) is 0 Å². The molecule has 7 heteroatoms. The molecule has 2 aromatic rings. The molecule has 0 saturated carbocycles. The molecule has 0 unspecified atom stereocenters. The molecule has 150 valence electrons. The van der Waals surface area contributed by atoms with Crippen molar-refractivity contribution in [2.24, 2.45) is 0 Å². The number of hydrogen-bond acceptors (Lipinski definition) is 4. The van der Waals surface area contributed by atoms with Crippen molar-refractivity contribution in [3.05, 3.63) is 53.6 Å². The SMILES string of the molecule is COc1ccc(OC(=O)NNC(=O)Nc2c(C(C)C)cccc2C(C)C)cc1. The van der Waals surface area contributed by atoms with Gasteiger partial charge in [-0.05, 0) is 47.2 Å². The quantitative estimate of drug-likeness (QED) is 0.647. The second-order valence-corrected chi connectivity index (χ2v) is 6.89. The van der Waals surface area contributed by atoms with Crippen molar-refractivity contribution in [1.29, 1.82) is 0 Å². The number of nitrogens with one attached hydrogen (secondary N) is 3. The van der Waals surface area contributed by atoms with Gasteiger partial charge >= 0.3 is 12.1 Å². The number of anilines is 1. The minimum absolute atomic E-state index is 0.238. The molecule has 0 aliphatic rings. The van der Waals surface area contributed by atoms with Crippen LogP contribution in [0.1, 0.15) is 50.7 Å². The molecule has 0 radical (unpaired) electrons. The number of carbonyl (C=O) groups excluding carboxylic acids is 2. The van der Waals surface area contributed by atoms with Gasteiger partial charge in [-0.25, -0.2) is 20.4 Å². The smallest absolute Gasteiger partial charge is 0.431 e. The fourth-order valence-corrected chi connectivity index (χ4v) is 2.72. The largest absolute Gasteiger partial charge is 0.497 e. The van der Waals surface area contributed by atoms with E-state index < -0.39 is 12.1 Å². The summed E-state index contributed by atoms with van der Waals surface area (Å²) in [5.74, 6) is 1.45. The van der Waals surface area contributed by atoms with Crippen molar-refractivity contribution < 1.29 is 19.1 Å². The molecular formula is C21H27N3O4. The maximum atomic E-state index is 12.3. The number of amides is 3. The lowest BCUT2D eigenvalue weighted by Crippen LogP contribution is -2.45. The van der Waals surface area contributed by atoms with Gasteiger partial charge in [0.25, 0.3) is 0 Å². The van der Waals surface area contributed by atoms with E-state index in [9.17, 15) is 9.59 Å². The van der Waals surface area contributed by atoms with Crippen molar-refractivity contribution in [2.45, 2.75) is 39.5 Å². The van der Waals surface area contributed by atoms with Gasteiger partial charge in [-0.3, -0.25) is 0 Å². The Hall–Kier alpha value is -3.22. The fraction of sp³-hybridized carbons (Fsp3) is 0.333. The number of urea groups is 1. The van der Waals surface area contributed by atoms with Gasteiger partial charge in [0, 0.05) is 5.69 Å². The van der Waals surface area contributed by atoms with Crippen LogP contribution in [0, 0.1) is 0 Å². The topological polar surface area (TPSA) is 88.7 Å². The van der Waals surface area contributed by atoms with Crippen LogP contribution in [0.2, 0.25) is 0 Å². The summed E-state index contributed by atoms with van der Waals surface area (Å²) < 4.78 is 10.1. The molecule has 0 spiro atoms. The summed E-state index contributed by atoms with van der Waals surface area (Å²) in [7, 11) is 1.55. The highest BCUT2D eigenvalue weighted by Gasteiger charge is 2.16. The van der Waals surface area contributed by atoms with Gasteiger partial charge in [-0.2, -0.15) is 0 Å². The minimum Gasteiger partial charge on any atom is -0.497 e. The van der Waals surface area contributed by atoms with Crippen molar-refractivity contribution in [3.63, 3.8) is 0 Å². The van der Waals surface area contributed by atoms with Gasteiger partial charge in [-0.15, -0.1) is 0 Å². The van der Waals surface area contributed by atoms with Gasteiger partial charge < -0.3 is 14.8 Å². The summed E-state index contributed by atoms with van der Waals surface area (Å²) in [6.45, 7) is 8.25. The third-order valence-electron chi connectivity index (χ3n) is 4.16. The zero-order valence-corrected chi connectivity index (χ0v) is 16.8. The van der Waals surface area contributed by atoms with Crippen molar-refractivity contribution >= 4 is 17.8 Å². The molecule has 0 atom stereocenters. The van der Waals surface area contributed by atoms with Crippen LogP contribution in [0.4, 0.5) is 15.3 Å². The molecule has 7 nitrogen and oxygen atoms in total. The second-order valence-electron chi connectivity index (χ2n) is 6.89. The van der Waals surface area contributed by atoms with E-state index in [1.807, 2.05) is 18.2 Å². The predicted molar refractivity (Wildman–Crippen MR) is 109 cm³/mol. The van der Waals surface area contributed by atoms with Crippen molar-refractivity contribution in [1.82, 2.24) is 10.9 Å². The van der Waals surface area contributed by atoms with Crippen LogP contribution in [0.15, 0.2) is 42.5 Å². The van der Waals surface area contributed by atoms with Crippen LogP contribution in [0.5, 0.6) is 11.5 Å². The maximum absolute atomic E-state index is 12.3. The van der Waals surface area contributed by atoms with Gasteiger partial charge in [-0.1, -0.05) is 45.9 Å². The van der Waals surface area contributed by atoms with Gasteiger partial charge in [0.15, 0.2) is 0 Å². The van der Waals surface area contributed by atoms with Crippen LogP contribution >= 0.6 is 0 Å². The Balaban J connectivity index is 1.97. The number of methoxy groups -OCH3 is 1. The van der Waals surface area contributed by atoms with E-state index in [1.54, 1.807) is 31.4 Å². The standard InChI is InChI=1S/C21H27N3O4/c1-13(2)17-7-6-8-18(14(3)4)19(17)22-20(25)23-24-21(26)28-16-11-9-15(27-5)10-12-16/h6-14H,1-5H3,(H,24,26)(H2,22,23,25). The molecule has 3 N–H and O–H groups in total. The second kappa shape index (κ2) is 9.64. The molecule has 2 aromatic carbocycles. The molecule has 0 aromatic heterocycles. The molecule has 2 rings (SSSR count). The Morgan fingerprint density at radius 2 is 1.36 bits per heavy atom. The predicted octanol–water partition coefficient (Wildman–Crippen LogP) is 4.77. The number of rotatable bonds is 5. The zero-order valence-electron chi connectivity index (χ0n) is 16.8. The Morgan fingerprint density at radius 1 is 0.821 bits per heavy atom. The summed E-state index contributed by atoms with van der Waals surface area (Å²) >= 11 is 0. The Bertz CT molecular complexity index is 791. The molecule has 28 heavy (non-hydrogen) atoms. The molecule has 0 heterocycles. The monoisotopic (exact) mass is 385 g/mol. The number of hydrogen-bond donors (Lipinski definition) is 3. The van der Waals surface area contributed by atoms with Gasteiger partial charge in [0.1, 0.15) is 11.5 Å². The van der Waals surface area contributed by atoms with E-state index in [4.69, 9.17) is 9.47 Å². The molecule has 0 aliphatic carbocycles. The van der Waals surface area contributed by atoms with E-state index >= 15 is 0 Å². The lowest BCUT2D eigenvalue weighted by Gasteiger charge is -2.20. The highest BCUT2D eigenvalue weighted by Crippen LogP contribution is 2.32. The summed E-state index contributed by atoms with van der Waals surface area (Å²) in [4.78, 5) is 24.2. The summed E-state index contributed by atoms with van der Waals surface area (Å²) in [6.07, 6.45) is -0.804.